The van der Waals surface area contributed by atoms with Crippen LogP contribution in [0.1, 0.15) is 0 Å². The number of rotatable bonds is 4. The van der Waals surface area contributed by atoms with Crippen molar-refractivity contribution in [2.75, 3.05) is 18.5 Å². The summed E-state index contributed by atoms with van der Waals surface area (Å²) in [5.41, 5.74) is 1.65. The van der Waals surface area contributed by atoms with Gasteiger partial charge in [-0.3, -0.25) is 9.78 Å². The first-order valence-electron chi connectivity index (χ1n) is 5.33. The summed E-state index contributed by atoms with van der Waals surface area (Å²) in [6.45, 7) is -0.139. The fourth-order valence-corrected chi connectivity index (χ4v) is 1.49. The second-order valence-corrected chi connectivity index (χ2v) is 3.73. The fraction of sp³-hybridized carbons (Fsp3) is 0.167. The highest BCUT2D eigenvalue weighted by Crippen LogP contribution is 2.17. The highest BCUT2D eigenvalue weighted by atomic mass is 16.4. The van der Waals surface area contributed by atoms with Crippen LogP contribution in [0.25, 0.3) is 11.3 Å². The molecule has 1 N–H and O–H groups in total. The molecule has 0 aromatic carbocycles. The molecule has 0 amide bonds. The first kappa shape index (κ1) is 12.0. The van der Waals surface area contributed by atoms with Crippen molar-refractivity contribution in [2.45, 2.75) is 0 Å². The molecule has 0 aliphatic carbocycles. The molecule has 18 heavy (non-hydrogen) atoms. The van der Waals surface area contributed by atoms with E-state index < -0.39 is 5.97 Å². The Balaban J connectivity index is 2.28. The van der Waals surface area contributed by atoms with Crippen LogP contribution >= 0.6 is 0 Å². The number of hydrogen-bond acceptors (Lipinski definition) is 5. The largest absolute Gasteiger partial charge is 0.480 e. The Hall–Kier alpha value is -2.50. The van der Waals surface area contributed by atoms with Crippen LogP contribution in [0.4, 0.5) is 5.95 Å². The van der Waals surface area contributed by atoms with E-state index in [9.17, 15) is 4.79 Å². The van der Waals surface area contributed by atoms with Crippen molar-refractivity contribution in [3.8, 4) is 11.3 Å². The number of likely N-dealkylation sites (N-methyl/N-ethyl adjacent to an activating group) is 1. The smallest absolute Gasteiger partial charge is 0.323 e. The Kier molecular flexibility index (Phi) is 3.47. The third-order valence-corrected chi connectivity index (χ3v) is 2.33. The molecule has 2 aromatic rings. The summed E-state index contributed by atoms with van der Waals surface area (Å²) in [6.07, 6.45) is 4.96. The summed E-state index contributed by atoms with van der Waals surface area (Å²) in [6, 6.07) is 5.44. The van der Waals surface area contributed by atoms with E-state index in [1.165, 1.54) is 4.90 Å². The lowest BCUT2D eigenvalue weighted by Crippen LogP contribution is -2.26. The first-order valence-corrected chi connectivity index (χ1v) is 5.33. The SMILES string of the molecule is CN(CC(=O)O)c1nccc(-c2ccncc2)n1. The van der Waals surface area contributed by atoms with Gasteiger partial charge in [0.2, 0.25) is 5.95 Å². The normalized spacial score (nSPS) is 10.1. The number of aliphatic carboxylic acids is 1. The van der Waals surface area contributed by atoms with Crippen LogP contribution < -0.4 is 4.90 Å². The maximum absolute atomic E-state index is 10.6. The molecule has 0 aliphatic rings. The van der Waals surface area contributed by atoms with Gasteiger partial charge >= 0.3 is 5.97 Å². The number of aromatic nitrogens is 3. The van der Waals surface area contributed by atoms with Gasteiger partial charge in [-0.05, 0) is 18.2 Å². The predicted molar refractivity (Wildman–Crippen MR) is 66.2 cm³/mol. The Labute approximate surface area is 104 Å². The number of nitrogens with zero attached hydrogens (tertiary/aromatic N) is 4. The number of anilines is 1. The summed E-state index contributed by atoms with van der Waals surface area (Å²) < 4.78 is 0. The van der Waals surface area contributed by atoms with Crippen molar-refractivity contribution in [2.24, 2.45) is 0 Å². The number of hydrogen-bond donors (Lipinski definition) is 1. The number of carboxylic acid groups (broad SMARTS) is 1. The summed E-state index contributed by atoms with van der Waals surface area (Å²) in [7, 11) is 1.64. The van der Waals surface area contributed by atoms with Gasteiger partial charge in [0.15, 0.2) is 0 Å². The van der Waals surface area contributed by atoms with E-state index >= 15 is 0 Å². The molecule has 6 heteroatoms. The van der Waals surface area contributed by atoms with Gasteiger partial charge in [0.05, 0.1) is 5.69 Å². The van der Waals surface area contributed by atoms with Gasteiger partial charge in [-0.2, -0.15) is 0 Å². The zero-order valence-electron chi connectivity index (χ0n) is 9.82. The lowest BCUT2D eigenvalue weighted by atomic mass is 10.2. The Bertz CT molecular complexity index is 545. The molecular formula is C12H12N4O2. The van der Waals surface area contributed by atoms with Crippen LogP contribution in [0.3, 0.4) is 0 Å². The molecule has 2 aromatic heterocycles. The molecule has 0 saturated heterocycles. The van der Waals surface area contributed by atoms with E-state index in [1.807, 2.05) is 12.1 Å². The average molecular weight is 244 g/mol. The number of pyridine rings is 1. The van der Waals surface area contributed by atoms with Gasteiger partial charge in [0.25, 0.3) is 0 Å². The summed E-state index contributed by atoms with van der Waals surface area (Å²) in [4.78, 5) is 24.4. The van der Waals surface area contributed by atoms with Gasteiger partial charge in [-0.25, -0.2) is 9.97 Å². The topological polar surface area (TPSA) is 79.2 Å². The molecular weight excluding hydrogens is 232 g/mol. The first-order chi connectivity index (χ1) is 8.66. The summed E-state index contributed by atoms with van der Waals surface area (Å²) >= 11 is 0. The predicted octanol–water partition coefficient (Wildman–Crippen LogP) is 1.06. The van der Waals surface area contributed by atoms with Crippen molar-refractivity contribution in [1.29, 1.82) is 0 Å². The van der Waals surface area contributed by atoms with Gasteiger partial charge in [0, 0.05) is 31.2 Å². The van der Waals surface area contributed by atoms with Crippen molar-refractivity contribution < 1.29 is 9.90 Å². The fourth-order valence-electron chi connectivity index (χ4n) is 1.49. The van der Waals surface area contributed by atoms with Crippen molar-refractivity contribution >= 4 is 11.9 Å². The lowest BCUT2D eigenvalue weighted by Gasteiger charge is -2.14. The minimum absolute atomic E-state index is 0.139. The second kappa shape index (κ2) is 5.22. The van der Waals surface area contributed by atoms with Crippen molar-refractivity contribution in [1.82, 2.24) is 15.0 Å². The molecule has 2 heterocycles. The van der Waals surface area contributed by atoms with E-state index in [2.05, 4.69) is 15.0 Å². The van der Waals surface area contributed by atoms with Crippen LogP contribution in [0.15, 0.2) is 36.8 Å². The van der Waals surface area contributed by atoms with E-state index in [1.54, 1.807) is 31.7 Å². The lowest BCUT2D eigenvalue weighted by molar-refractivity contribution is -0.135. The van der Waals surface area contributed by atoms with E-state index in [0.29, 0.717) is 5.95 Å². The van der Waals surface area contributed by atoms with Gasteiger partial charge in [-0.15, -0.1) is 0 Å². The maximum atomic E-state index is 10.6. The molecule has 0 atom stereocenters. The molecule has 0 fully saturated rings. The highest BCUT2D eigenvalue weighted by molar-refractivity contribution is 5.72. The van der Waals surface area contributed by atoms with Crippen LogP contribution in [0.5, 0.6) is 0 Å². The highest BCUT2D eigenvalue weighted by Gasteiger charge is 2.09. The molecule has 2 rings (SSSR count). The monoisotopic (exact) mass is 244 g/mol. The number of carboxylic acids is 1. The molecule has 92 valence electrons. The van der Waals surface area contributed by atoms with Crippen molar-refractivity contribution in [3.63, 3.8) is 0 Å². The molecule has 0 radical (unpaired) electrons. The van der Waals surface area contributed by atoms with Crippen LogP contribution in [-0.2, 0) is 4.79 Å². The summed E-state index contributed by atoms with van der Waals surface area (Å²) in [5.74, 6) is -0.540. The maximum Gasteiger partial charge on any atom is 0.323 e. The van der Waals surface area contributed by atoms with E-state index in [0.717, 1.165) is 11.3 Å². The molecule has 0 saturated carbocycles. The third-order valence-electron chi connectivity index (χ3n) is 2.33. The zero-order chi connectivity index (χ0) is 13.0. The second-order valence-electron chi connectivity index (χ2n) is 3.73. The standard InChI is InChI=1S/C12H12N4O2/c1-16(8-11(17)18)12-14-7-4-10(15-12)9-2-5-13-6-3-9/h2-7H,8H2,1H3,(H,17,18). The molecule has 0 bridgehead atoms. The van der Waals surface area contributed by atoms with Gasteiger partial charge < -0.3 is 10.0 Å². The van der Waals surface area contributed by atoms with Crippen LogP contribution in [0, 0.1) is 0 Å². The quantitative estimate of drug-likeness (QED) is 0.866. The molecule has 0 unspecified atom stereocenters. The molecule has 6 nitrogen and oxygen atoms in total. The Morgan fingerprint density at radius 2 is 2.00 bits per heavy atom. The average Bonchev–Trinajstić information content (AvgIpc) is 2.39. The minimum Gasteiger partial charge on any atom is -0.480 e. The number of carbonyl (C=O) groups is 1. The zero-order valence-corrected chi connectivity index (χ0v) is 9.82. The Morgan fingerprint density at radius 3 is 2.67 bits per heavy atom. The molecule has 0 aliphatic heterocycles. The van der Waals surface area contributed by atoms with Crippen LogP contribution in [-0.4, -0.2) is 39.6 Å². The van der Waals surface area contributed by atoms with E-state index in [4.69, 9.17) is 5.11 Å². The van der Waals surface area contributed by atoms with E-state index in [-0.39, 0.29) is 6.54 Å². The van der Waals surface area contributed by atoms with Crippen LogP contribution in [0.2, 0.25) is 0 Å². The van der Waals surface area contributed by atoms with Gasteiger partial charge in [-0.1, -0.05) is 0 Å². The van der Waals surface area contributed by atoms with Crippen molar-refractivity contribution in [3.05, 3.63) is 36.8 Å². The minimum atomic E-state index is -0.921. The third kappa shape index (κ3) is 2.79. The molecule has 0 spiro atoms. The summed E-state index contributed by atoms with van der Waals surface area (Å²) in [5, 5.41) is 8.73. The van der Waals surface area contributed by atoms with Gasteiger partial charge in [0.1, 0.15) is 6.54 Å². The Morgan fingerprint density at radius 1 is 1.28 bits per heavy atom.